The summed E-state index contributed by atoms with van der Waals surface area (Å²) in [6.07, 6.45) is 10.7. The van der Waals surface area contributed by atoms with Gasteiger partial charge in [-0.2, -0.15) is 0 Å². The molecule has 2 saturated carbocycles. The Morgan fingerprint density at radius 3 is 1.88 bits per heavy atom. The summed E-state index contributed by atoms with van der Waals surface area (Å²) in [5.41, 5.74) is 0.792. The molecule has 0 heteroatoms. The van der Waals surface area contributed by atoms with Crippen molar-refractivity contribution in [3.63, 3.8) is 0 Å². The maximum absolute atomic E-state index is 2.45. The fourth-order valence-corrected chi connectivity index (χ4v) is 4.58. The molecule has 0 nitrogen and oxygen atoms in total. The first-order valence-electron chi connectivity index (χ1n) is 7.54. The van der Waals surface area contributed by atoms with Gasteiger partial charge in [0.05, 0.1) is 0 Å². The average molecular weight is 222 g/mol. The lowest BCUT2D eigenvalue weighted by molar-refractivity contribution is 0.0411. The lowest BCUT2D eigenvalue weighted by Gasteiger charge is -2.46. The van der Waals surface area contributed by atoms with Crippen LogP contribution >= 0.6 is 0 Å². The largest absolute Gasteiger partial charge is 0.0625 e. The zero-order valence-electron chi connectivity index (χ0n) is 11.8. The van der Waals surface area contributed by atoms with Crippen molar-refractivity contribution >= 4 is 0 Å². The minimum absolute atomic E-state index is 0.792. The van der Waals surface area contributed by atoms with Crippen LogP contribution in [0.5, 0.6) is 0 Å². The Labute approximate surface area is 102 Å². The fraction of sp³-hybridized carbons (Fsp3) is 1.00. The molecular formula is C16H30. The quantitative estimate of drug-likeness (QED) is 0.596. The van der Waals surface area contributed by atoms with Crippen molar-refractivity contribution in [2.45, 2.75) is 72.6 Å². The molecule has 1 spiro atoms. The highest BCUT2D eigenvalue weighted by atomic mass is 14.5. The Kier molecular flexibility index (Phi) is 3.66. The van der Waals surface area contributed by atoms with E-state index in [1.165, 1.54) is 19.3 Å². The molecule has 16 heavy (non-hydrogen) atoms. The minimum Gasteiger partial charge on any atom is -0.0625 e. The number of rotatable bonds is 2. The zero-order valence-corrected chi connectivity index (χ0v) is 11.8. The van der Waals surface area contributed by atoms with Crippen LogP contribution in [0.2, 0.25) is 0 Å². The molecule has 0 aliphatic heterocycles. The molecule has 2 rings (SSSR count). The van der Waals surface area contributed by atoms with Gasteiger partial charge in [-0.3, -0.25) is 0 Å². The van der Waals surface area contributed by atoms with Crippen LogP contribution in [0.4, 0.5) is 0 Å². The van der Waals surface area contributed by atoms with E-state index in [0.717, 1.165) is 29.1 Å². The third-order valence-electron chi connectivity index (χ3n) is 5.60. The summed E-state index contributed by atoms with van der Waals surface area (Å²) >= 11 is 0. The van der Waals surface area contributed by atoms with Crippen LogP contribution in [0.1, 0.15) is 72.6 Å². The second-order valence-electron chi connectivity index (χ2n) is 7.27. The van der Waals surface area contributed by atoms with Crippen molar-refractivity contribution < 1.29 is 0 Å². The highest BCUT2D eigenvalue weighted by molar-refractivity contribution is 4.94. The summed E-state index contributed by atoms with van der Waals surface area (Å²) in [6, 6.07) is 0. The summed E-state index contributed by atoms with van der Waals surface area (Å²) in [4.78, 5) is 0. The molecule has 0 aromatic heterocycles. The monoisotopic (exact) mass is 222 g/mol. The van der Waals surface area contributed by atoms with Gasteiger partial charge < -0.3 is 0 Å². The molecule has 0 N–H and O–H groups in total. The summed E-state index contributed by atoms with van der Waals surface area (Å²) in [5, 5.41) is 0. The molecule has 0 radical (unpaired) electrons. The van der Waals surface area contributed by atoms with Gasteiger partial charge in [-0.25, -0.2) is 0 Å². The normalized spacial score (nSPS) is 34.1. The van der Waals surface area contributed by atoms with Crippen LogP contribution in [0.15, 0.2) is 0 Å². The van der Waals surface area contributed by atoms with E-state index in [-0.39, 0.29) is 0 Å². The smallest absolute Gasteiger partial charge is 0.0295 e. The third-order valence-corrected chi connectivity index (χ3v) is 5.60. The van der Waals surface area contributed by atoms with E-state index < -0.39 is 0 Å². The second kappa shape index (κ2) is 4.70. The summed E-state index contributed by atoms with van der Waals surface area (Å²) < 4.78 is 0. The van der Waals surface area contributed by atoms with E-state index in [4.69, 9.17) is 0 Å². The van der Waals surface area contributed by atoms with Crippen molar-refractivity contribution in [3.8, 4) is 0 Å². The van der Waals surface area contributed by atoms with Crippen LogP contribution in [0.3, 0.4) is 0 Å². The summed E-state index contributed by atoms with van der Waals surface area (Å²) in [5.74, 6) is 3.80. The first kappa shape index (κ1) is 12.5. The Morgan fingerprint density at radius 1 is 0.812 bits per heavy atom. The van der Waals surface area contributed by atoms with Crippen molar-refractivity contribution in [1.82, 2.24) is 0 Å². The second-order valence-corrected chi connectivity index (χ2v) is 7.27. The van der Waals surface area contributed by atoms with Crippen molar-refractivity contribution in [2.75, 3.05) is 0 Å². The summed E-state index contributed by atoms with van der Waals surface area (Å²) in [6.45, 7) is 9.78. The molecule has 0 heterocycles. The maximum Gasteiger partial charge on any atom is -0.0295 e. The molecule has 2 atom stereocenters. The highest BCUT2D eigenvalue weighted by Gasteiger charge is 2.43. The van der Waals surface area contributed by atoms with Gasteiger partial charge in [-0.05, 0) is 61.2 Å². The first-order chi connectivity index (χ1) is 7.54. The summed E-state index contributed by atoms with van der Waals surface area (Å²) in [7, 11) is 0. The van der Waals surface area contributed by atoms with Gasteiger partial charge in [-0.1, -0.05) is 40.5 Å². The predicted molar refractivity (Wildman–Crippen MR) is 71.4 cm³/mol. The van der Waals surface area contributed by atoms with E-state index in [1.807, 2.05) is 0 Å². The molecule has 2 unspecified atom stereocenters. The predicted octanol–water partition coefficient (Wildman–Crippen LogP) is 5.28. The van der Waals surface area contributed by atoms with Gasteiger partial charge in [0, 0.05) is 0 Å². The number of hydrogen-bond acceptors (Lipinski definition) is 0. The molecular weight excluding hydrogens is 192 g/mol. The Morgan fingerprint density at radius 2 is 1.38 bits per heavy atom. The van der Waals surface area contributed by atoms with E-state index in [2.05, 4.69) is 27.7 Å². The van der Waals surface area contributed by atoms with Crippen LogP contribution in [0, 0.1) is 29.1 Å². The zero-order chi connectivity index (χ0) is 11.8. The Hall–Kier alpha value is 0. The SMILES string of the molecule is CC(C)C1CCC2(CCCC2)CC1C(C)C. The lowest BCUT2D eigenvalue weighted by Crippen LogP contribution is -2.36. The molecule has 2 fully saturated rings. The van der Waals surface area contributed by atoms with Crippen molar-refractivity contribution in [1.29, 1.82) is 0 Å². The molecule has 0 amide bonds. The standard InChI is InChI=1S/C16H30/c1-12(2)14-7-10-16(8-5-6-9-16)11-15(14)13(3)4/h12-15H,5-11H2,1-4H3. The van der Waals surface area contributed by atoms with Gasteiger partial charge in [0.2, 0.25) is 0 Å². The van der Waals surface area contributed by atoms with Gasteiger partial charge in [0.25, 0.3) is 0 Å². The van der Waals surface area contributed by atoms with E-state index >= 15 is 0 Å². The van der Waals surface area contributed by atoms with Crippen molar-refractivity contribution in [2.24, 2.45) is 29.1 Å². The molecule has 2 aliphatic rings. The molecule has 2 aliphatic carbocycles. The fourth-order valence-electron chi connectivity index (χ4n) is 4.58. The Balaban J connectivity index is 2.08. The van der Waals surface area contributed by atoms with Crippen LogP contribution in [0.25, 0.3) is 0 Å². The molecule has 0 aromatic rings. The van der Waals surface area contributed by atoms with Crippen LogP contribution in [-0.4, -0.2) is 0 Å². The van der Waals surface area contributed by atoms with Gasteiger partial charge in [0.1, 0.15) is 0 Å². The average Bonchev–Trinajstić information content (AvgIpc) is 2.66. The topological polar surface area (TPSA) is 0 Å². The van der Waals surface area contributed by atoms with E-state index in [0.29, 0.717) is 0 Å². The highest BCUT2D eigenvalue weighted by Crippen LogP contribution is 2.54. The van der Waals surface area contributed by atoms with Crippen molar-refractivity contribution in [3.05, 3.63) is 0 Å². The van der Waals surface area contributed by atoms with Crippen LogP contribution < -0.4 is 0 Å². The Bertz CT molecular complexity index is 220. The number of hydrogen-bond donors (Lipinski definition) is 0. The van der Waals surface area contributed by atoms with Gasteiger partial charge in [0.15, 0.2) is 0 Å². The third kappa shape index (κ3) is 2.31. The lowest BCUT2D eigenvalue weighted by atomic mass is 9.59. The molecule has 0 bridgehead atoms. The van der Waals surface area contributed by atoms with E-state index in [9.17, 15) is 0 Å². The minimum atomic E-state index is 0.792. The maximum atomic E-state index is 2.45. The molecule has 0 saturated heterocycles. The van der Waals surface area contributed by atoms with E-state index in [1.54, 1.807) is 25.7 Å². The van der Waals surface area contributed by atoms with Crippen LogP contribution in [-0.2, 0) is 0 Å². The molecule has 0 aromatic carbocycles. The van der Waals surface area contributed by atoms with Gasteiger partial charge in [-0.15, -0.1) is 0 Å². The van der Waals surface area contributed by atoms with Gasteiger partial charge >= 0.3 is 0 Å². The first-order valence-corrected chi connectivity index (χ1v) is 7.54. The molecule has 94 valence electrons.